The molecule has 0 aliphatic rings. The average Bonchev–Trinajstić information content (AvgIpc) is 2.69. The van der Waals surface area contributed by atoms with Crippen molar-refractivity contribution in [1.82, 2.24) is 9.97 Å². The quantitative estimate of drug-likeness (QED) is 0.488. The lowest BCUT2D eigenvalue weighted by atomic mass is 10.1. The first-order valence-corrected chi connectivity index (χ1v) is 9.32. The number of nitrogens with zero attached hydrogens (tertiary/aromatic N) is 2. The van der Waals surface area contributed by atoms with E-state index >= 15 is 0 Å². The van der Waals surface area contributed by atoms with Gasteiger partial charge in [0.2, 0.25) is 5.91 Å². The molecule has 0 saturated heterocycles. The van der Waals surface area contributed by atoms with Crippen LogP contribution in [0, 0.1) is 17.1 Å². The molecule has 0 radical (unpaired) electrons. The van der Waals surface area contributed by atoms with Crippen LogP contribution in [-0.2, 0) is 4.79 Å². The lowest BCUT2D eigenvalue weighted by molar-refractivity contribution is -0.113. The molecular weight excluding hydrogens is 403 g/mol. The Hall–Kier alpha value is -3.15. The Morgan fingerprint density at radius 2 is 2.04 bits per heavy atom. The third-order valence-electron chi connectivity index (χ3n) is 3.60. The highest BCUT2D eigenvalue weighted by atomic mass is 35.5. The molecular formula is C19H12ClFN4O2S. The van der Waals surface area contributed by atoms with Crippen LogP contribution in [0.25, 0.3) is 11.3 Å². The molecule has 6 nitrogen and oxygen atoms in total. The fourth-order valence-electron chi connectivity index (χ4n) is 2.33. The molecule has 1 aromatic heterocycles. The molecule has 0 spiro atoms. The van der Waals surface area contributed by atoms with Crippen LogP contribution in [0.5, 0.6) is 0 Å². The number of nitrogens with one attached hydrogen (secondary N) is 2. The minimum Gasteiger partial charge on any atom is -0.325 e. The van der Waals surface area contributed by atoms with E-state index in [2.05, 4.69) is 15.3 Å². The highest BCUT2D eigenvalue weighted by Gasteiger charge is 2.14. The summed E-state index contributed by atoms with van der Waals surface area (Å²) in [5, 5.41) is 11.9. The van der Waals surface area contributed by atoms with Gasteiger partial charge in [-0.1, -0.05) is 53.7 Å². The zero-order chi connectivity index (χ0) is 20.1. The first kappa shape index (κ1) is 19.6. The van der Waals surface area contributed by atoms with Crippen molar-refractivity contribution in [3.8, 4) is 17.3 Å². The number of amides is 1. The largest absolute Gasteiger partial charge is 0.325 e. The number of hydrogen-bond acceptors (Lipinski definition) is 5. The van der Waals surface area contributed by atoms with Crippen LogP contribution < -0.4 is 10.9 Å². The van der Waals surface area contributed by atoms with E-state index in [-0.39, 0.29) is 33.1 Å². The fourth-order valence-corrected chi connectivity index (χ4v) is 3.18. The SMILES string of the molecule is N#Cc1c(-c2ccccc2)nc(SCC(=O)Nc2ccc(F)c(Cl)c2)[nH]c1=O. The van der Waals surface area contributed by atoms with E-state index in [1.807, 2.05) is 12.1 Å². The van der Waals surface area contributed by atoms with Gasteiger partial charge in [0, 0.05) is 11.3 Å². The van der Waals surface area contributed by atoms with Crippen LogP contribution in [0.4, 0.5) is 10.1 Å². The maximum Gasteiger partial charge on any atom is 0.270 e. The third-order valence-corrected chi connectivity index (χ3v) is 4.76. The van der Waals surface area contributed by atoms with E-state index in [9.17, 15) is 19.2 Å². The van der Waals surface area contributed by atoms with Crippen LogP contribution in [0.15, 0.2) is 58.5 Å². The predicted molar refractivity (Wildman–Crippen MR) is 106 cm³/mol. The molecule has 0 fully saturated rings. The second kappa shape index (κ2) is 8.69. The minimum absolute atomic E-state index is 0.0575. The Balaban J connectivity index is 1.76. The normalized spacial score (nSPS) is 10.3. The second-order valence-electron chi connectivity index (χ2n) is 5.54. The number of aromatic nitrogens is 2. The number of thioether (sulfide) groups is 1. The Bertz CT molecular complexity index is 1130. The van der Waals surface area contributed by atoms with Crippen LogP contribution in [0.1, 0.15) is 5.56 Å². The smallest absolute Gasteiger partial charge is 0.270 e. The van der Waals surface area contributed by atoms with Crippen molar-refractivity contribution in [3.63, 3.8) is 0 Å². The summed E-state index contributed by atoms with van der Waals surface area (Å²) in [6.45, 7) is 0. The molecule has 0 bridgehead atoms. The van der Waals surface area contributed by atoms with Gasteiger partial charge in [0.05, 0.1) is 16.5 Å². The van der Waals surface area contributed by atoms with Crippen LogP contribution in [-0.4, -0.2) is 21.6 Å². The number of halogens is 2. The van der Waals surface area contributed by atoms with Gasteiger partial charge in [-0.3, -0.25) is 9.59 Å². The van der Waals surface area contributed by atoms with Gasteiger partial charge in [-0.2, -0.15) is 5.26 Å². The van der Waals surface area contributed by atoms with Gasteiger partial charge in [0.25, 0.3) is 5.56 Å². The molecule has 0 saturated carbocycles. The Labute approximate surface area is 168 Å². The van der Waals surface area contributed by atoms with Crippen molar-refractivity contribution in [1.29, 1.82) is 5.26 Å². The van der Waals surface area contributed by atoms with Gasteiger partial charge in [-0.25, -0.2) is 9.37 Å². The minimum atomic E-state index is -0.582. The number of hydrogen-bond donors (Lipinski definition) is 2. The standard InChI is InChI=1S/C19H12ClFN4O2S/c20-14-8-12(6-7-15(14)21)23-16(26)10-28-19-24-17(11-4-2-1-3-5-11)13(9-22)18(27)25-19/h1-8H,10H2,(H,23,26)(H,24,25,27). The van der Waals surface area contributed by atoms with Gasteiger partial charge in [0.1, 0.15) is 17.4 Å². The summed E-state index contributed by atoms with van der Waals surface area (Å²) < 4.78 is 13.2. The molecule has 0 aliphatic heterocycles. The van der Waals surface area contributed by atoms with Gasteiger partial charge < -0.3 is 10.3 Å². The number of anilines is 1. The number of benzene rings is 2. The lowest BCUT2D eigenvalue weighted by Crippen LogP contribution is -2.17. The van der Waals surface area contributed by atoms with E-state index < -0.39 is 11.4 Å². The highest BCUT2D eigenvalue weighted by Crippen LogP contribution is 2.22. The Morgan fingerprint density at radius 1 is 1.29 bits per heavy atom. The van der Waals surface area contributed by atoms with E-state index in [1.54, 1.807) is 24.3 Å². The predicted octanol–water partition coefficient (Wildman–Crippen LogP) is 3.83. The number of rotatable bonds is 5. The molecule has 0 unspecified atom stereocenters. The molecule has 1 amide bonds. The first-order valence-electron chi connectivity index (χ1n) is 7.95. The topological polar surface area (TPSA) is 98.6 Å². The summed E-state index contributed by atoms with van der Waals surface area (Å²) in [6, 6.07) is 14.5. The molecule has 0 aliphatic carbocycles. The monoisotopic (exact) mass is 414 g/mol. The number of nitriles is 1. The van der Waals surface area contributed by atoms with Crippen LogP contribution in [0.2, 0.25) is 5.02 Å². The zero-order valence-electron chi connectivity index (χ0n) is 14.2. The van der Waals surface area contributed by atoms with Crippen molar-refractivity contribution in [3.05, 3.63) is 75.3 Å². The van der Waals surface area contributed by atoms with Crippen LogP contribution >= 0.6 is 23.4 Å². The van der Waals surface area contributed by atoms with Gasteiger partial charge in [0.15, 0.2) is 5.16 Å². The summed E-state index contributed by atoms with van der Waals surface area (Å²) >= 11 is 6.69. The van der Waals surface area contributed by atoms with E-state index in [0.29, 0.717) is 11.3 Å². The van der Waals surface area contributed by atoms with Gasteiger partial charge >= 0.3 is 0 Å². The molecule has 2 aromatic carbocycles. The van der Waals surface area contributed by atoms with Crippen molar-refractivity contribution >= 4 is 35.0 Å². The van der Waals surface area contributed by atoms with Gasteiger partial charge in [-0.05, 0) is 18.2 Å². The van der Waals surface area contributed by atoms with Crippen molar-refractivity contribution < 1.29 is 9.18 Å². The first-order chi connectivity index (χ1) is 13.5. The third kappa shape index (κ3) is 4.57. The molecule has 9 heteroatoms. The molecule has 3 rings (SSSR count). The maximum atomic E-state index is 13.2. The molecule has 2 N–H and O–H groups in total. The van der Waals surface area contributed by atoms with E-state index in [0.717, 1.165) is 17.8 Å². The summed E-state index contributed by atoms with van der Waals surface area (Å²) in [4.78, 5) is 31.1. The zero-order valence-corrected chi connectivity index (χ0v) is 15.8. The number of aromatic amines is 1. The molecule has 1 heterocycles. The molecule has 3 aromatic rings. The fraction of sp³-hybridized carbons (Fsp3) is 0.0526. The van der Waals surface area contributed by atoms with Crippen molar-refractivity contribution in [2.75, 3.05) is 11.1 Å². The van der Waals surface area contributed by atoms with Crippen molar-refractivity contribution in [2.45, 2.75) is 5.16 Å². The molecule has 140 valence electrons. The Kier molecular flexibility index (Phi) is 6.09. The highest BCUT2D eigenvalue weighted by molar-refractivity contribution is 7.99. The molecule has 0 atom stereocenters. The summed E-state index contributed by atoms with van der Waals surface area (Å²) in [5.41, 5.74) is 0.547. The molecule has 28 heavy (non-hydrogen) atoms. The summed E-state index contributed by atoms with van der Waals surface area (Å²) in [7, 11) is 0. The number of carbonyl (C=O) groups is 1. The summed E-state index contributed by atoms with van der Waals surface area (Å²) in [5.74, 6) is -1.03. The van der Waals surface area contributed by atoms with Gasteiger partial charge in [-0.15, -0.1) is 0 Å². The lowest BCUT2D eigenvalue weighted by Gasteiger charge is -2.07. The maximum absolute atomic E-state index is 13.2. The summed E-state index contributed by atoms with van der Waals surface area (Å²) in [6.07, 6.45) is 0. The van der Waals surface area contributed by atoms with Crippen LogP contribution in [0.3, 0.4) is 0 Å². The number of carbonyl (C=O) groups excluding carboxylic acids is 1. The van der Waals surface area contributed by atoms with E-state index in [1.165, 1.54) is 12.1 Å². The Morgan fingerprint density at radius 3 is 2.71 bits per heavy atom. The average molecular weight is 415 g/mol. The second-order valence-corrected chi connectivity index (χ2v) is 6.91. The van der Waals surface area contributed by atoms with Crippen molar-refractivity contribution in [2.24, 2.45) is 0 Å². The van der Waals surface area contributed by atoms with E-state index in [4.69, 9.17) is 11.6 Å². The number of H-pyrrole nitrogens is 1.